The summed E-state index contributed by atoms with van der Waals surface area (Å²) >= 11 is 0. The van der Waals surface area contributed by atoms with E-state index in [-0.39, 0.29) is 18.2 Å². The van der Waals surface area contributed by atoms with Crippen LogP contribution >= 0.6 is 0 Å². The molecular formula is C21H23NO5. The number of nitrogens with one attached hydrogen (secondary N) is 1. The van der Waals surface area contributed by atoms with Crippen molar-refractivity contribution in [1.82, 2.24) is 5.32 Å². The van der Waals surface area contributed by atoms with Crippen molar-refractivity contribution >= 4 is 11.9 Å². The maximum atomic E-state index is 12.4. The monoisotopic (exact) mass is 369 g/mol. The van der Waals surface area contributed by atoms with Crippen LogP contribution in [-0.4, -0.2) is 30.7 Å². The second-order valence-corrected chi connectivity index (χ2v) is 6.68. The lowest BCUT2D eigenvalue weighted by atomic mass is 9.96. The standard InChI is InChI=1S/C21H23NO5/c1-13(14-3-6-17(26-2)7-4-14)11-19(23)22-20(21(24)25)16-5-8-18-15(12-16)9-10-27-18/h3-8,12-13,20H,9-11H2,1-2H3,(H,22,23)(H,24,25). The van der Waals surface area contributed by atoms with Gasteiger partial charge in [-0.25, -0.2) is 4.79 Å². The second kappa shape index (κ2) is 8.12. The Labute approximate surface area is 158 Å². The fourth-order valence-corrected chi connectivity index (χ4v) is 3.22. The first-order valence-corrected chi connectivity index (χ1v) is 8.89. The normalized spacial score (nSPS) is 14.6. The molecule has 0 fully saturated rings. The number of ether oxygens (including phenoxy) is 2. The van der Waals surface area contributed by atoms with Crippen LogP contribution in [0.2, 0.25) is 0 Å². The third-order valence-electron chi connectivity index (χ3n) is 4.78. The molecule has 0 spiro atoms. The van der Waals surface area contributed by atoms with E-state index in [0.717, 1.165) is 29.0 Å². The van der Waals surface area contributed by atoms with Crippen LogP contribution in [0.15, 0.2) is 42.5 Å². The van der Waals surface area contributed by atoms with E-state index in [9.17, 15) is 14.7 Å². The number of benzene rings is 2. The summed E-state index contributed by atoms with van der Waals surface area (Å²) in [6.07, 6.45) is 0.947. The lowest BCUT2D eigenvalue weighted by Gasteiger charge is -2.18. The Morgan fingerprint density at radius 1 is 1.19 bits per heavy atom. The summed E-state index contributed by atoms with van der Waals surface area (Å²) < 4.78 is 10.6. The molecule has 0 saturated carbocycles. The third kappa shape index (κ3) is 4.39. The predicted molar refractivity (Wildman–Crippen MR) is 100 cm³/mol. The van der Waals surface area contributed by atoms with Gasteiger partial charge in [0.25, 0.3) is 0 Å². The van der Waals surface area contributed by atoms with Crippen LogP contribution in [0, 0.1) is 0 Å². The Bertz CT molecular complexity index is 831. The van der Waals surface area contributed by atoms with Gasteiger partial charge in [-0.1, -0.05) is 25.1 Å². The van der Waals surface area contributed by atoms with Crippen molar-refractivity contribution in [3.8, 4) is 11.5 Å². The van der Waals surface area contributed by atoms with Gasteiger partial charge in [-0.05, 0) is 46.9 Å². The average molecular weight is 369 g/mol. The van der Waals surface area contributed by atoms with Gasteiger partial charge in [0.15, 0.2) is 6.04 Å². The topological polar surface area (TPSA) is 84.9 Å². The maximum Gasteiger partial charge on any atom is 0.330 e. The minimum Gasteiger partial charge on any atom is -0.497 e. The van der Waals surface area contributed by atoms with Gasteiger partial charge in [-0.3, -0.25) is 4.79 Å². The summed E-state index contributed by atoms with van der Waals surface area (Å²) in [6, 6.07) is 11.7. The Kier molecular flexibility index (Phi) is 5.64. The van der Waals surface area contributed by atoms with E-state index in [2.05, 4.69) is 5.32 Å². The molecule has 1 aliphatic rings. The van der Waals surface area contributed by atoms with Crippen LogP contribution in [-0.2, 0) is 16.0 Å². The zero-order valence-corrected chi connectivity index (χ0v) is 15.4. The van der Waals surface area contributed by atoms with Gasteiger partial charge >= 0.3 is 5.97 Å². The maximum absolute atomic E-state index is 12.4. The quantitative estimate of drug-likeness (QED) is 0.783. The molecule has 0 saturated heterocycles. The number of carboxylic acid groups (broad SMARTS) is 1. The lowest BCUT2D eigenvalue weighted by Crippen LogP contribution is -2.34. The molecular weight excluding hydrogens is 346 g/mol. The number of carboxylic acids is 1. The van der Waals surface area contributed by atoms with Gasteiger partial charge in [0.2, 0.25) is 5.91 Å². The van der Waals surface area contributed by atoms with Crippen LogP contribution in [0.5, 0.6) is 11.5 Å². The molecule has 0 aliphatic carbocycles. The number of hydrogen-bond acceptors (Lipinski definition) is 4. The van der Waals surface area contributed by atoms with Crippen LogP contribution in [0.3, 0.4) is 0 Å². The highest BCUT2D eigenvalue weighted by molar-refractivity contribution is 5.85. The van der Waals surface area contributed by atoms with Crippen LogP contribution in [0.1, 0.15) is 42.0 Å². The molecule has 2 aromatic carbocycles. The Balaban J connectivity index is 1.67. The van der Waals surface area contributed by atoms with Gasteiger partial charge < -0.3 is 19.9 Å². The van der Waals surface area contributed by atoms with Crippen molar-refractivity contribution in [2.24, 2.45) is 0 Å². The molecule has 0 radical (unpaired) electrons. The van der Waals surface area contributed by atoms with Crippen molar-refractivity contribution in [2.75, 3.05) is 13.7 Å². The van der Waals surface area contributed by atoms with Crippen LogP contribution in [0.25, 0.3) is 0 Å². The van der Waals surface area contributed by atoms with E-state index >= 15 is 0 Å². The number of rotatable bonds is 7. The third-order valence-corrected chi connectivity index (χ3v) is 4.78. The van der Waals surface area contributed by atoms with Gasteiger partial charge in [-0.15, -0.1) is 0 Å². The fraction of sp³-hybridized carbons (Fsp3) is 0.333. The number of carbonyl (C=O) groups is 2. The molecule has 142 valence electrons. The SMILES string of the molecule is COc1ccc(C(C)CC(=O)NC(C(=O)O)c2ccc3c(c2)CCO3)cc1. The summed E-state index contributed by atoms with van der Waals surface area (Å²) in [7, 11) is 1.60. The number of fused-ring (bicyclic) bond motifs is 1. The molecule has 2 aromatic rings. The first kappa shape index (κ1) is 18.8. The molecule has 1 amide bonds. The minimum atomic E-state index is -1.08. The smallest absolute Gasteiger partial charge is 0.330 e. The molecule has 0 aromatic heterocycles. The van der Waals surface area contributed by atoms with Crippen molar-refractivity contribution in [2.45, 2.75) is 31.7 Å². The van der Waals surface area contributed by atoms with E-state index in [0.29, 0.717) is 12.2 Å². The molecule has 2 N–H and O–H groups in total. The zero-order valence-electron chi connectivity index (χ0n) is 15.4. The number of hydrogen-bond donors (Lipinski definition) is 2. The van der Waals surface area contributed by atoms with E-state index in [1.54, 1.807) is 25.3 Å². The van der Waals surface area contributed by atoms with Gasteiger partial charge in [0.05, 0.1) is 13.7 Å². The van der Waals surface area contributed by atoms with Gasteiger partial charge in [0, 0.05) is 12.8 Å². The van der Waals surface area contributed by atoms with Gasteiger partial charge in [0.1, 0.15) is 11.5 Å². The molecule has 0 bridgehead atoms. The summed E-state index contributed by atoms with van der Waals surface area (Å²) in [5, 5.41) is 12.2. The highest BCUT2D eigenvalue weighted by atomic mass is 16.5. The van der Waals surface area contributed by atoms with E-state index in [1.807, 2.05) is 31.2 Å². The van der Waals surface area contributed by atoms with E-state index < -0.39 is 12.0 Å². The van der Waals surface area contributed by atoms with Crippen molar-refractivity contribution in [1.29, 1.82) is 0 Å². The molecule has 1 aliphatic heterocycles. The number of amides is 1. The summed E-state index contributed by atoms with van der Waals surface area (Å²) in [5.41, 5.74) is 2.52. The lowest BCUT2D eigenvalue weighted by molar-refractivity contribution is -0.142. The van der Waals surface area contributed by atoms with Crippen molar-refractivity contribution in [3.05, 3.63) is 59.2 Å². The number of carbonyl (C=O) groups excluding carboxylic acids is 1. The molecule has 2 unspecified atom stereocenters. The highest BCUT2D eigenvalue weighted by Crippen LogP contribution is 2.29. The molecule has 6 nitrogen and oxygen atoms in total. The number of aliphatic carboxylic acids is 1. The first-order valence-electron chi connectivity index (χ1n) is 8.89. The van der Waals surface area contributed by atoms with E-state index in [4.69, 9.17) is 9.47 Å². The Hall–Kier alpha value is -3.02. The Morgan fingerprint density at radius 3 is 2.56 bits per heavy atom. The minimum absolute atomic E-state index is 0.0428. The largest absolute Gasteiger partial charge is 0.497 e. The zero-order chi connectivity index (χ0) is 19.4. The van der Waals surface area contributed by atoms with Crippen LogP contribution in [0.4, 0.5) is 0 Å². The highest BCUT2D eigenvalue weighted by Gasteiger charge is 2.25. The second-order valence-electron chi connectivity index (χ2n) is 6.68. The number of methoxy groups -OCH3 is 1. The first-order chi connectivity index (χ1) is 13.0. The molecule has 27 heavy (non-hydrogen) atoms. The Morgan fingerprint density at radius 2 is 1.89 bits per heavy atom. The van der Waals surface area contributed by atoms with Crippen molar-refractivity contribution in [3.63, 3.8) is 0 Å². The predicted octanol–water partition coefficient (Wildman–Crippen LogP) is 3.07. The molecule has 6 heteroatoms. The molecule has 3 rings (SSSR count). The molecule has 2 atom stereocenters. The van der Waals surface area contributed by atoms with E-state index in [1.165, 1.54) is 0 Å². The summed E-state index contributed by atoms with van der Waals surface area (Å²) in [5.74, 6) is 0.102. The fourth-order valence-electron chi connectivity index (χ4n) is 3.22. The summed E-state index contributed by atoms with van der Waals surface area (Å²) in [4.78, 5) is 24.2. The van der Waals surface area contributed by atoms with Crippen LogP contribution < -0.4 is 14.8 Å². The summed E-state index contributed by atoms with van der Waals surface area (Å²) in [6.45, 7) is 2.53. The molecule has 1 heterocycles. The van der Waals surface area contributed by atoms with Gasteiger partial charge in [-0.2, -0.15) is 0 Å². The van der Waals surface area contributed by atoms with Crippen molar-refractivity contribution < 1.29 is 24.2 Å². The average Bonchev–Trinajstić information content (AvgIpc) is 3.13.